The van der Waals surface area contributed by atoms with Crippen LogP contribution in [0, 0.1) is 5.92 Å². The van der Waals surface area contributed by atoms with Crippen LogP contribution in [0.3, 0.4) is 0 Å². The van der Waals surface area contributed by atoms with Crippen molar-refractivity contribution in [1.29, 1.82) is 0 Å². The smallest absolute Gasteiger partial charge is 0.411 e. The van der Waals surface area contributed by atoms with E-state index in [0.717, 1.165) is 39.1 Å². The molecule has 0 aromatic rings. The van der Waals surface area contributed by atoms with E-state index in [-0.39, 0.29) is 17.7 Å². The summed E-state index contributed by atoms with van der Waals surface area (Å²) in [4.78, 5) is 14.6. The first-order valence-electron chi connectivity index (χ1n) is 7.23. The summed E-state index contributed by atoms with van der Waals surface area (Å²) in [5.41, 5.74) is -0.512. The van der Waals surface area contributed by atoms with Gasteiger partial charge in [-0.3, -0.25) is 4.90 Å². The van der Waals surface area contributed by atoms with Crippen LogP contribution >= 0.6 is 0 Å². The molecule has 0 aliphatic carbocycles. The Kier molecular flexibility index (Phi) is 3.02. The van der Waals surface area contributed by atoms with E-state index in [1.807, 2.05) is 25.7 Å². The van der Waals surface area contributed by atoms with E-state index in [2.05, 4.69) is 5.32 Å². The van der Waals surface area contributed by atoms with Crippen molar-refractivity contribution in [2.75, 3.05) is 26.3 Å². The van der Waals surface area contributed by atoms with Crippen molar-refractivity contribution in [3.8, 4) is 0 Å². The first kappa shape index (κ1) is 13.2. The molecule has 3 rings (SSSR count). The maximum absolute atomic E-state index is 12.6. The maximum Gasteiger partial charge on any atom is 0.411 e. The molecule has 0 aromatic heterocycles. The fraction of sp³-hybridized carbons (Fsp3) is 0.929. The predicted molar refractivity (Wildman–Crippen MR) is 71.0 cm³/mol. The number of hydrogen-bond donors (Lipinski definition) is 1. The minimum atomic E-state index is -0.432. The second-order valence-electron chi connectivity index (χ2n) is 7.01. The van der Waals surface area contributed by atoms with Crippen molar-refractivity contribution in [2.45, 2.75) is 50.8 Å². The number of nitrogens with zero attached hydrogens (tertiary/aromatic N) is 1. The van der Waals surface area contributed by atoms with Gasteiger partial charge in [0.15, 0.2) is 0 Å². The summed E-state index contributed by atoms with van der Waals surface area (Å²) in [6.45, 7) is 9.07. The van der Waals surface area contributed by atoms with Crippen LogP contribution in [0.2, 0.25) is 0 Å². The molecule has 19 heavy (non-hydrogen) atoms. The van der Waals surface area contributed by atoms with Crippen LogP contribution in [0.1, 0.15) is 33.6 Å². The topological polar surface area (TPSA) is 50.8 Å². The van der Waals surface area contributed by atoms with Crippen molar-refractivity contribution >= 4 is 6.09 Å². The number of piperazine rings is 1. The van der Waals surface area contributed by atoms with Crippen molar-refractivity contribution in [3.63, 3.8) is 0 Å². The number of ether oxygens (including phenoxy) is 2. The van der Waals surface area contributed by atoms with E-state index in [4.69, 9.17) is 9.47 Å². The molecule has 3 aliphatic heterocycles. The molecule has 5 nitrogen and oxygen atoms in total. The lowest BCUT2D eigenvalue weighted by Gasteiger charge is -2.51. The predicted octanol–water partition coefficient (Wildman–Crippen LogP) is 1.37. The van der Waals surface area contributed by atoms with Crippen LogP contribution in [0.4, 0.5) is 4.79 Å². The Morgan fingerprint density at radius 1 is 1.42 bits per heavy atom. The molecule has 3 saturated heterocycles. The number of fused-ring (bicyclic) bond motifs is 2. The molecule has 1 amide bonds. The highest BCUT2D eigenvalue weighted by Crippen LogP contribution is 2.44. The molecule has 3 heterocycles. The van der Waals surface area contributed by atoms with Gasteiger partial charge >= 0.3 is 6.09 Å². The number of carbonyl (C=O) groups excluding carboxylic acids is 1. The molecule has 1 N–H and O–H groups in total. The normalized spacial score (nSPS) is 35.1. The van der Waals surface area contributed by atoms with E-state index in [1.165, 1.54) is 0 Å². The maximum atomic E-state index is 12.6. The Hall–Kier alpha value is -0.810. The van der Waals surface area contributed by atoms with Crippen molar-refractivity contribution in [2.24, 2.45) is 5.92 Å². The lowest BCUT2D eigenvalue weighted by molar-refractivity contribution is -0.117. The van der Waals surface area contributed by atoms with Gasteiger partial charge in [0.1, 0.15) is 5.60 Å². The standard InChI is InChI=1S/C14H24N2O3/c1-13(2,3)19-12(17)16-11-4-5-14(16,9-15-6-11)10-7-18-8-10/h10-11,15H,4-9H2,1-3H3/t11-,14+/m0/s1. The van der Waals surface area contributed by atoms with Gasteiger partial charge in [-0.15, -0.1) is 0 Å². The third-order valence-electron chi connectivity index (χ3n) is 4.55. The van der Waals surface area contributed by atoms with Gasteiger partial charge in [-0.05, 0) is 33.6 Å². The van der Waals surface area contributed by atoms with Crippen LogP contribution in [0.15, 0.2) is 0 Å². The Morgan fingerprint density at radius 2 is 2.16 bits per heavy atom. The molecule has 3 aliphatic rings. The molecule has 0 unspecified atom stereocenters. The van der Waals surface area contributed by atoms with Gasteiger partial charge in [0.05, 0.1) is 18.8 Å². The molecule has 5 heteroatoms. The molecule has 0 saturated carbocycles. The Morgan fingerprint density at radius 3 is 2.74 bits per heavy atom. The summed E-state index contributed by atoms with van der Waals surface area (Å²) in [5.74, 6) is 0.456. The highest BCUT2D eigenvalue weighted by atomic mass is 16.6. The zero-order valence-corrected chi connectivity index (χ0v) is 12.1. The minimum Gasteiger partial charge on any atom is -0.444 e. The summed E-state index contributed by atoms with van der Waals surface area (Å²) in [5, 5.41) is 3.48. The van der Waals surface area contributed by atoms with Crippen LogP contribution in [0.5, 0.6) is 0 Å². The van der Waals surface area contributed by atoms with Crippen LogP contribution < -0.4 is 5.32 Å². The van der Waals surface area contributed by atoms with Gasteiger partial charge in [-0.2, -0.15) is 0 Å². The van der Waals surface area contributed by atoms with E-state index < -0.39 is 5.60 Å². The van der Waals surface area contributed by atoms with Gasteiger partial charge in [0, 0.05) is 25.0 Å². The monoisotopic (exact) mass is 268 g/mol. The zero-order valence-electron chi connectivity index (χ0n) is 12.1. The number of nitrogens with one attached hydrogen (secondary N) is 1. The van der Waals surface area contributed by atoms with Crippen LogP contribution in [-0.4, -0.2) is 54.5 Å². The highest BCUT2D eigenvalue weighted by Gasteiger charge is 2.57. The van der Waals surface area contributed by atoms with E-state index in [9.17, 15) is 4.79 Å². The number of amides is 1. The average Bonchev–Trinajstić information content (AvgIpc) is 2.41. The number of hydrogen-bond acceptors (Lipinski definition) is 4. The van der Waals surface area contributed by atoms with Gasteiger partial charge in [-0.1, -0.05) is 0 Å². The highest BCUT2D eigenvalue weighted by molar-refractivity contribution is 5.71. The third kappa shape index (κ3) is 2.13. The van der Waals surface area contributed by atoms with E-state index >= 15 is 0 Å². The molecule has 2 atom stereocenters. The number of carbonyl (C=O) groups is 1. The third-order valence-corrected chi connectivity index (χ3v) is 4.55. The second kappa shape index (κ2) is 4.35. The van der Waals surface area contributed by atoms with E-state index in [1.54, 1.807) is 0 Å². The number of rotatable bonds is 1. The SMILES string of the molecule is CC(C)(C)OC(=O)N1[C@H]2CC[C@]1(C1COC1)CNC2. The molecule has 0 aromatic carbocycles. The van der Waals surface area contributed by atoms with Gasteiger partial charge in [0.25, 0.3) is 0 Å². The Bertz CT molecular complexity index is 371. The first-order chi connectivity index (χ1) is 8.92. The van der Waals surface area contributed by atoms with Gasteiger partial charge in [-0.25, -0.2) is 4.79 Å². The van der Waals surface area contributed by atoms with E-state index in [0.29, 0.717) is 5.92 Å². The molecule has 108 valence electrons. The minimum absolute atomic E-state index is 0.0799. The molecular weight excluding hydrogens is 244 g/mol. The summed E-state index contributed by atoms with van der Waals surface area (Å²) in [6.07, 6.45) is 1.99. The lowest BCUT2D eigenvalue weighted by atomic mass is 9.80. The van der Waals surface area contributed by atoms with Gasteiger partial charge < -0.3 is 14.8 Å². The Balaban J connectivity index is 1.83. The summed E-state index contributed by atoms with van der Waals surface area (Å²) in [7, 11) is 0. The van der Waals surface area contributed by atoms with Gasteiger partial charge in [0.2, 0.25) is 0 Å². The van der Waals surface area contributed by atoms with Crippen molar-refractivity contribution in [1.82, 2.24) is 10.2 Å². The molecule has 3 fully saturated rings. The first-order valence-corrected chi connectivity index (χ1v) is 7.23. The van der Waals surface area contributed by atoms with Crippen LogP contribution in [-0.2, 0) is 9.47 Å². The molecule has 2 bridgehead atoms. The lowest BCUT2D eigenvalue weighted by Crippen LogP contribution is -2.68. The Labute approximate surface area is 114 Å². The van der Waals surface area contributed by atoms with Crippen LogP contribution in [0.25, 0.3) is 0 Å². The fourth-order valence-corrected chi connectivity index (χ4v) is 3.58. The molecule has 0 spiro atoms. The summed E-state index contributed by atoms with van der Waals surface area (Å²) >= 11 is 0. The summed E-state index contributed by atoms with van der Waals surface area (Å²) < 4.78 is 11.0. The second-order valence-corrected chi connectivity index (χ2v) is 7.01. The summed E-state index contributed by atoms with van der Waals surface area (Å²) in [6, 6.07) is 0.282. The average molecular weight is 268 g/mol. The largest absolute Gasteiger partial charge is 0.444 e. The van der Waals surface area contributed by atoms with Crippen molar-refractivity contribution < 1.29 is 14.3 Å². The fourth-order valence-electron chi connectivity index (χ4n) is 3.58. The molecule has 0 radical (unpaired) electrons. The zero-order chi connectivity index (χ0) is 13.7. The molecular formula is C14H24N2O3. The quantitative estimate of drug-likeness (QED) is 0.780. The van der Waals surface area contributed by atoms with Crippen molar-refractivity contribution in [3.05, 3.63) is 0 Å².